The average Bonchev–Trinajstić information content (AvgIpc) is 2.48. The van der Waals surface area contributed by atoms with Gasteiger partial charge in [-0.15, -0.1) is 0 Å². The summed E-state index contributed by atoms with van der Waals surface area (Å²) in [4.78, 5) is 25.2. The number of benzene rings is 1. The zero-order chi connectivity index (χ0) is 15.4. The molecule has 0 saturated carbocycles. The van der Waals surface area contributed by atoms with Crippen LogP contribution in [-0.4, -0.2) is 18.2 Å². The van der Waals surface area contributed by atoms with E-state index >= 15 is 0 Å². The molecular formula is C18H20O3. The number of hydrogen-bond acceptors (Lipinski definition) is 3. The number of carbonyl (C=O) groups excluding carboxylic acids is 2. The van der Waals surface area contributed by atoms with E-state index in [1.54, 1.807) is 24.3 Å². The maximum atomic E-state index is 12.6. The van der Waals surface area contributed by atoms with E-state index < -0.39 is 0 Å². The van der Waals surface area contributed by atoms with Gasteiger partial charge in [0.2, 0.25) is 5.78 Å². The first kappa shape index (κ1) is 15.2. The molecule has 0 spiro atoms. The normalized spacial score (nSPS) is 14.0. The average molecular weight is 284 g/mol. The summed E-state index contributed by atoms with van der Waals surface area (Å²) in [7, 11) is 0. The van der Waals surface area contributed by atoms with Gasteiger partial charge in [0, 0.05) is 16.7 Å². The van der Waals surface area contributed by atoms with E-state index in [0.717, 1.165) is 12.0 Å². The molecule has 0 heterocycles. The predicted molar refractivity (Wildman–Crippen MR) is 82.4 cm³/mol. The summed E-state index contributed by atoms with van der Waals surface area (Å²) in [5, 5.41) is 0. The molecule has 0 aromatic heterocycles. The number of rotatable bonds is 5. The zero-order valence-corrected chi connectivity index (χ0v) is 12.7. The van der Waals surface area contributed by atoms with E-state index in [-0.39, 0.29) is 17.3 Å². The van der Waals surface area contributed by atoms with Gasteiger partial charge in [-0.3, -0.25) is 9.59 Å². The van der Waals surface area contributed by atoms with Crippen molar-refractivity contribution in [1.82, 2.24) is 0 Å². The maximum absolute atomic E-state index is 12.6. The van der Waals surface area contributed by atoms with Crippen molar-refractivity contribution in [3.05, 3.63) is 58.4 Å². The van der Waals surface area contributed by atoms with Crippen LogP contribution >= 0.6 is 0 Å². The molecule has 0 atom stereocenters. The Hall–Kier alpha value is -2.16. The largest absolute Gasteiger partial charge is 0.489 e. The monoisotopic (exact) mass is 284 g/mol. The van der Waals surface area contributed by atoms with Crippen LogP contribution in [0.15, 0.2) is 47.2 Å². The molecule has 0 aliphatic heterocycles. The molecular weight excluding hydrogens is 264 g/mol. The second-order valence-electron chi connectivity index (χ2n) is 5.35. The number of ketones is 2. The third-order valence-electron chi connectivity index (χ3n) is 3.34. The molecule has 3 nitrogen and oxygen atoms in total. The van der Waals surface area contributed by atoms with Gasteiger partial charge >= 0.3 is 0 Å². The summed E-state index contributed by atoms with van der Waals surface area (Å²) in [6.07, 6.45) is 3.17. The van der Waals surface area contributed by atoms with E-state index in [2.05, 4.69) is 0 Å². The van der Waals surface area contributed by atoms with Crippen molar-refractivity contribution in [3.63, 3.8) is 0 Å². The molecule has 0 bridgehead atoms. The Kier molecular flexibility index (Phi) is 4.73. The van der Waals surface area contributed by atoms with Gasteiger partial charge in [-0.05, 0) is 26.7 Å². The Morgan fingerprint density at radius 2 is 1.71 bits per heavy atom. The summed E-state index contributed by atoms with van der Waals surface area (Å²) in [5.74, 6) is -0.0670. The number of hydrogen-bond donors (Lipinski definition) is 0. The Morgan fingerprint density at radius 3 is 2.29 bits per heavy atom. The van der Waals surface area contributed by atoms with Crippen LogP contribution in [0.25, 0.3) is 0 Å². The predicted octanol–water partition coefficient (Wildman–Crippen LogP) is 4.10. The van der Waals surface area contributed by atoms with Gasteiger partial charge in [-0.1, -0.05) is 42.8 Å². The zero-order valence-electron chi connectivity index (χ0n) is 12.7. The SMILES string of the molecule is CCCOC1=C(CC=C(C)C)C(=O)c2ccccc2C1=O. The minimum absolute atomic E-state index is 0.103. The Morgan fingerprint density at radius 1 is 1.10 bits per heavy atom. The van der Waals surface area contributed by atoms with Gasteiger partial charge < -0.3 is 4.74 Å². The highest BCUT2D eigenvalue weighted by Crippen LogP contribution is 2.29. The number of fused-ring (bicyclic) bond motifs is 1. The van der Waals surface area contributed by atoms with Crippen LogP contribution in [0.1, 0.15) is 54.3 Å². The van der Waals surface area contributed by atoms with Crippen molar-refractivity contribution in [1.29, 1.82) is 0 Å². The molecule has 0 saturated heterocycles. The van der Waals surface area contributed by atoms with Crippen molar-refractivity contribution in [2.24, 2.45) is 0 Å². The smallest absolute Gasteiger partial charge is 0.228 e. The highest BCUT2D eigenvalue weighted by Gasteiger charge is 2.32. The third-order valence-corrected chi connectivity index (χ3v) is 3.34. The van der Waals surface area contributed by atoms with E-state index in [1.165, 1.54) is 0 Å². The third kappa shape index (κ3) is 3.13. The fourth-order valence-corrected chi connectivity index (χ4v) is 2.25. The van der Waals surface area contributed by atoms with Crippen molar-refractivity contribution < 1.29 is 14.3 Å². The van der Waals surface area contributed by atoms with Gasteiger partial charge in [0.1, 0.15) is 0 Å². The van der Waals surface area contributed by atoms with E-state index in [4.69, 9.17) is 4.74 Å². The first-order valence-corrected chi connectivity index (χ1v) is 7.24. The van der Waals surface area contributed by atoms with Crippen LogP contribution in [0, 0.1) is 0 Å². The lowest BCUT2D eigenvalue weighted by Gasteiger charge is -2.20. The summed E-state index contributed by atoms with van der Waals surface area (Å²) >= 11 is 0. The topological polar surface area (TPSA) is 43.4 Å². The summed E-state index contributed by atoms with van der Waals surface area (Å²) in [6, 6.07) is 6.93. The van der Waals surface area contributed by atoms with Crippen LogP contribution in [0.4, 0.5) is 0 Å². The van der Waals surface area contributed by atoms with Crippen LogP contribution in [-0.2, 0) is 4.74 Å². The molecule has 3 heteroatoms. The molecule has 1 aliphatic rings. The van der Waals surface area contributed by atoms with E-state index in [1.807, 2.05) is 26.8 Å². The first-order valence-electron chi connectivity index (χ1n) is 7.24. The molecule has 110 valence electrons. The number of carbonyl (C=O) groups is 2. The first-order chi connectivity index (χ1) is 10.1. The molecule has 0 fully saturated rings. The molecule has 0 N–H and O–H groups in total. The van der Waals surface area contributed by atoms with Crippen LogP contribution < -0.4 is 0 Å². The van der Waals surface area contributed by atoms with Crippen LogP contribution in [0.5, 0.6) is 0 Å². The molecule has 2 rings (SSSR count). The molecule has 1 aromatic carbocycles. The van der Waals surface area contributed by atoms with Gasteiger partial charge in [0.05, 0.1) is 6.61 Å². The highest BCUT2D eigenvalue weighted by atomic mass is 16.5. The Bertz CT molecular complexity index is 632. The van der Waals surface area contributed by atoms with E-state index in [9.17, 15) is 9.59 Å². The van der Waals surface area contributed by atoms with Gasteiger partial charge in [0.25, 0.3) is 0 Å². The molecule has 1 aliphatic carbocycles. The second kappa shape index (κ2) is 6.53. The highest BCUT2D eigenvalue weighted by molar-refractivity contribution is 6.26. The van der Waals surface area contributed by atoms with Gasteiger partial charge in [-0.25, -0.2) is 0 Å². The Balaban J connectivity index is 2.49. The summed E-state index contributed by atoms with van der Waals surface area (Å²) in [6.45, 7) is 6.35. The van der Waals surface area contributed by atoms with Crippen molar-refractivity contribution in [2.75, 3.05) is 6.61 Å². The van der Waals surface area contributed by atoms with E-state index in [0.29, 0.717) is 29.7 Å². The fourth-order valence-electron chi connectivity index (χ4n) is 2.25. The lowest BCUT2D eigenvalue weighted by atomic mass is 9.86. The Labute approximate surface area is 125 Å². The quantitative estimate of drug-likeness (QED) is 0.764. The molecule has 21 heavy (non-hydrogen) atoms. The van der Waals surface area contributed by atoms with Gasteiger partial charge in [-0.2, -0.15) is 0 Å². The second-order valence-corrected chi connectivity index (χ2v) is 5.35. The van der Waals surface area contributed by atoms with Crippen LogP contribution in [0.3, 0.4) is 0 Å². The lowest BCUT2D eigenvalue weighted by Crippen LogP contribution is -2.23. The lowest BCUT2D eigenvalue weighted by molar-refractivity contribution is 0.0870. The molecule has 0 unspecified atom stereocenters. The standard InChI is InChI=1S/C18H20O3/c1-4-11-21-18-15(10-9-12(2)3)16(19)13-7-5-6-8-14(13)17(18)20/h5-9H,4,10-11H2,1-3H3. The van der Waals surface area contributed by atoms with Crippen molar-refractivity contribution in [2.45, 2.75) is 33.6 Å². The summed E-state index contributed by atoms with van der Waals surface area (Å²) < 4.78 is 5.60. The molecule has 0 radical (unpaired) electrons. The van der Waals surface area contributed by atoms with Crippen LogP contribution in [0.2, 0.25) is 0 Å². The molecule has 1 aromatic rings. The molecule has 0 amide bonds. The number of Topliss-reactive ketones (excluding diaryl/α,β-unsaturated/α-hetero) is 2. The maximum Gasteiger partial charge on any atom is 0.228 e. The summed E-state index contributed by atoms with van der Waals surface area (Å²) in [5.41, 5.74) is 2.49. The van der Waals surface area contributed by atoms with Crippen molar-refractivity contribution in [3.8, 4) is 0 Å². The van der Waals surface area contributed by atoms with Crippen molar-refractivity contribution >= 4 is 11.6 Å². The fraction of sp³-hybridized carbons (Fsp3) is 0.333. The van der Waals surface area contributed by atoms with Gasteiger partial charge in [0.15, 0.2) is 11.5 Å². The minimum atomic E-state index is -0.184. The number of ether oxygens (including phenoxy) is 1. The minimum Gasteiger partial charge on any atom is -0.489 e. The number of allylic oxidation sites excluding steroid dienone is 4.